The Hall–Kier alpha value is -3.29. The number of rotatable bonds is 6. The summed E-state index contributed by atoms with van der Waals surface area (Å²) in [6.07, 6.45) is 0.516. The van der Waals surface area contributed by atoms with Crippen LogP contribution in [0.5, 0.6) is 11.5 Å². The number of phenols is 1. The third kappa shape index (κ3) is 4.54. The standard InChI is InChI=1S/C26H21BrClNO5/c1-34-20-14-17(13-19(27)24(20)31)22-21(23(30)16-7-9-18(28)10-8-16)25(32)26(33)29(22)12-11-15-5-3-2-4-6-15/h2-10,13-14,22,30-31H,11-12H2,1H3/b23-21+. The first-order valence-electron chi connectivity index (χ1n) is 10.5. The van der Waals surface area contributed by atoms with Crippen molar-refractivity contribution in [2.24, 2.45) is 0 Å². The van der Waals surface area contributed by atoms with Gasteiger partial charge in [0.2, 0.25) is 0 Å². The number of aliphatic hydroxyl groups excluding tert-OH is 1. The molecule has 1 atom stereocenters. The maximum Gasteiger partial charge on any atom is 0.295 e. The van der Waals surface area contributed by atoms with Crippen molar-refractivity contribution in [3.8, 4) is 11.5 Å². The lowest BCUT2D eigenvalue weighted by Crippen LogP contribution is -2.31. The summed E-state index contributed by atoms with van der Waals surface area (Å²) in [5.74, 6) is -1.73. The van der Waals surface area contributed by atoms with Crippen molar-refractivity contribution >= 4 is 45.0 Å². The maximum absolute atomic E-state index is 13.2. The molecule has 1 saturated heterocycles. The Morgan fingerprint density at radius 2 is 1.76 bits per heavy atom. The number of methoxy groups -OCH3 is 1. The molecule has 0 saturated carbocycles. The van der Waals surface area contributed by atoms with Crippen LogP contribution in [0.3, 0.4) is 0 Å². The molecule has 0 aromatic heterocycles. The van der Waals surface area contributed by atoms with Crippen LogP contribution in [0, 0.1) is 0 Å². The zero-order chi connectivity index (χ0) is 24.4. The third-order valence-corrected chi connectivity index (χ3v) is 6.58. The number of Topliss-reactive ketones (excluding diaryl/α,β-unsaturated/α-hetero) is 1. The van der Waals surface area contributed by atoms with Gasteiger partial charge in [-0.05, 0) is 69.9 Å². The zero-order valence-electron chi connectivity index (χ0n) is 18.2. The lowest BCUT2D eigenvalue weighted by atomic mass is 9.95. The fourth-order valence-electron chi connectivity index (χ4n) is 4.02. The van der Waals surface area contributed by atoms with E-state index in [1.165, 1.54) is 12.0 Å². The summed E-state index contributed by atoms with van der Waals surface area (Å²) in [5, 5.41) is 21.9. The Bertz CT molecular complexity index is 1270. The Labute approximate surface area is 210 Å². The van der Waals surface area contributed by atoms with E-state index < -0.39 is 17.7 Å². The molecule has 0 radical (unpaired) electrons. The van der Waals surface area contributed by atoms with Crippen LogP contribution in [-0.4, -0.2) is 40.5 Å². The number of nitrogens with zero attached hydrogens (tertiary/aromatic N) is 1. The molecule has 6 nitrogen and oxygen atoms in total. The molecule has 0 spiro atoms. The molecule has 2 N–H and O–H groups in total. The van der Waals surface area contributed by atoms with Gasteiger partial charge >= 0.3 is 0 Å². The second-order valence-electron chi connectivity index (χ2n) is 7.79. The van der Waals surface area contributed by atoms with Crippen LogP contribution in [0.15, 0.2) is 76.8 Å². The molecule has 1 heterocycles. The van der Waals surface area contributed by atoms with Gasteiger partial charge in [-0.2, -0.15) is 0 Å². The number of likely N-dealkylation sites (tertiary alicyclic amines) is 1. The molecule has 3 aromatic rings. The summed E-state index contributed by atoms with van der Waals surface area (Å²) in [6, 6.07) is 18.2. The summed E-state index contributed by atoms with van der Waals surface area (Å²) in [5.41, 5.74) is 1.83. The normalized spacial score (nSPS) is 17.3. The molecule has 4 rings (SSSR count). The van der Waals surface area contributed by atoms with Crippen LogP contribution in [0.1, 0.15) is 22.7 Å². The number of halogens is 2. The Morgan fingerprint density at radius 1 is 1.09 bits per heavy atom. The number of carbonyl (C=O) groups excluding carboxylic acids is 2. The monoisotopic (exact) mass is 541 g/mol. The van der Waals surface area contributed by atoms with Gasteiger partial charge in [-0.15, -0.1) is 0 Å². The summed E-state index contributed by atoms with van der Waals surface area (Å²) in [6.45, 7) is 0.247. The largest absolute Gasteiger partial charge is 0.507 e. The Balaban J connectivity index is 1.85. The van der Waals surface area contributed by atoms with Crippen molar-refractivity contribution in [2.45, 2.75) is 12.5 Å². The molecule has 1 aliphatic rings. The average molecular weight is 543 g/mol. The molecule has 0 aliphatic carbocycles. The molecule has 8 heteroatoms. The van der Waals surface area contributed by atoms with E-state index in [0.29, 0.717) is 27.0 Å². The molecule has 1 fully saturated rings. The van der Waals surface area contributed by atoms with E-state index in [4.69, 9.17) is 16.3 Å². The van der Waals surface area contributed by atoms with E-state index in [-0.39, 0.29) is 29.4 Å². The molecular weight excluding hydrogens is 522 g/mol. The highest BCUT2D eigenvalue weighted by Crippen LogP contribution is 2.44. The first kappa shape index (κ1) is 23.9. The van der Waals surface area contributed by atoms with Crippen LogP contribution in [0.25, 0.3) is 5.76 Å². The van der Waals surface area contributed by atoms with Gasteiger partial charge < -0.3 is 19.8 Å². The molecule has 34 heavy (non-hydrogen) atoms. The van der Waals surface area contributed by atoms with E-state index in [1.54, 1.807) is 36.4 Å². The van der Waals surface area contributed by atoms with Crippen molar-refractivity contribution in [2.75, 3.05) is 13.7 Å². The third-order valence-electron chi connectivity index (χ3n) is 5.73. The number of ketones is 1. The van der Waals surface area contributed by atoms with Crippen molar-refractivity contribution in [3.63, 3.8) is 0 Å². The topological polar surface area (TPSA) is 87.1 Å². The van der Waals surface area contributed by atoms with Gasteiger partial charge in [-0.1, -0.05) is 41.9 Å². The van der Waals surface area contributed by atoms with E-state index in [9.17, 15) is 19.8 Å². The highest BCUT2D eigenvalue weighted by molar-refractivity contribution is 9.10. The van der Waals surface area contributed by atoms with Gasteiger partial charge in [0.25, 0.3) is 11.7 Å². The number of amides is 1. The number of carbonyl (C=O) groups is 2. The van der Waals surface area contributed by atoms with Gasteiger partial charge in [-0.25, -0.2) is 0 Å². The second kappa shape index (κ2) is 9.91. The van der Waals surface area contributed by atoms with Gasteiger partial charge in [0, 0.05) is 17.1 Å². The maximum atomic E-state index is 13.2. The Kier molecular flexibility index (Phi) is 6.95. The molecule has 3 aromatic carbocycles. The predicted octanol–water partition coefficient (Wildman–Crippen LogP) is 5.48. The van der Waals surface area contributed by atoms with Crippen molar-refractivity contribution in [1.29, 1.82) is 0 Å². The van der Waals surface area contributed by atoms with E-state index in [1.807, 2.05) is 30.3 Å². The second-order valence-corrected chi connectivity index (χ2v) is 9.08. The number of ether oxygens (including phenoxy) is 1. The minimum absolute atomic E-state index is 0.0416. The quantitative estimate of drug-likeness (QED) is 0.245. The van der Waals surface area contributed by atoms with Crippen LogP contribution in [-0.2, 0) is 16.0 Å². The summed E-state index contributed by atoms with van der Waals surface area (Å²) < 4.78 is 5.61. The number of hydrogen-bond acceptors (Lipinski definition) is 5. The smallest absolute Gasteiger partial charge is 0.295 e. The fourth-order valence-corrected chi connectivity index (χ4v) is 4.61. The minimum Gasteiger partial charge on any atom is -0.507 e. The molecular formula is C26H21BrClNO5. The van der Waals surface area contributed by atoms with E-state index >= 15 is 0 Å². The highest BCUT2D eigenvalue weighted by Gasteiger charge is 2.46. The number of benzene rings is 3. The predicted molar refractivity (Wildman–Crippen MR) is 133 cm³/mol. The summed E-state index contributed by atoms with van der Waals surface area (Å²) >= 11 is 9.28. The minimum atomic E-state index is -0.884. The van der Waals surface area contributed by atoms with Crippen LogP contribution < -0.4 is 4.74 Å². The van der Waals surface area contributed by atoms with Crippen LogP contribution >= 0.6 is 27.5 Å². The van der Waals surface area contributed by atoms with Gasteiger partial charge in [0.1, 0.15) is 5.76 Å². The number of aliphatic hydroxyl groups is 1. The van der Waals surface area contributed by atoms with Gasteiger partial charge in [-0.3, -0.25) is 9.59 Å². The van der Waals surface area contributed by atoms with E-state index in [0.717, 1.165) is 5.56 Å². The van der Waals surface area contributed by atoms with Crippen LogP contribution in [0.4, 0.5) is 0 Å². The average Bonchev–Trinajstić information content (AvgIpc) is 3.10. The van der Waals surface area contributed by atoms with E-state index in [2.05, 4.69) is 15.9 Å². The first-order chi connectivity index (χ1) is 16.3. The lowest BCUT2D eigenvalue weighted by molar-refractivity contribution is -0.139. The molecule has 0 bridgehead atoms. The highest BCUT2D eigenvalue weighted by atomic mass is 79.9. The Morgan fingerprint density at radius 3 is 2.41 bits per heavy atom. The first-order valence-corrected chi connectivity index (χ1v) is 11.6. The molecule has 1 aliphatic heterocycles. The fraction of sp³-hybridized carbons (Fsp3) is 0.154. The van der Waals surface area contributed by atoms with Gasteiger partial charge in [0.15, 0.2) is 11.5 Å². The molecule has 1 amide bonds. The molecule has 1 unspecified atom stereocenters. The summed E-state index contributed by atoms with van der Waals surface area (Å²) in [7, 11) is 1.41. The van der Waals surface area contributed by atoms with Crippen molar-refractivity contribution in [1.82, 2.24) is 4.90 Å². The zero-order valence-corrected chi connectivity index (χ0v) is 20.5. The van der Waals surface area contributed by atoms with Gasteiger partial charge in [0.05, 0.1) is 23.2 Å². The van der Waals surface area contributed by atoms with Crippen molar-refractivity contribution < 1.29 is 24.5 Å². The number of phenolic OH excluding ortho intramolecular Hbond substituents is 1. The summed E-state index contributed by atoms with van der Waals surface area (Å²) in [4.78, 5) is 27.7. The number of hydrogen-bond donors (Lipinski definition) is 2. The lowest BCUT2D eigenvalue weighted by Gasteiger charge is -2.26. The molecule has 174 valence electrons. The number of aromatic hydroxyl groups is 1. The van der Waals surface area contributed by atoms with Crippen molar-refractivity contribution in [3.05, 3.63) is 98.5 Å². The van der Waals surface area contributed by atoms with Crippen LogP contribution in [0.2, 0.25) is 5.02 Å². The SMILES string of the molecule is COc1cc(C2/C(=C(\O)c3ccc(Cl)cc3)C(=O)C(=O)N2CCc2ccccc2)cc(Br)c1O.